The standard InChI is InChI=1S/C8H8ClNO3/c1-13-8-6(5-9)3-2-4-7(8)10(11)12/h2-4H,5H2,1H3. The molecule has 0 aromatic heterocycles. The zero-order valence-electron chi connectivity index (χ0n) is 6.99. The molecule has 1 rings (SSSR count). The van der Waals surface area contributed by atoms with Crippen molar-refractivity contribution in [3.8, 4) is 5.75 Å². The van der Waals surface area contributed by atoms with Crippen LogP contribution in [-0.4, -0.2) is 12.0 Å². The van der Waals surface area contributed by atoms with E-state index in [9.17, 15) is 10.1 Å². The molecule has 5 heteroatoms. The van der Waals surface area contributed by atoms with Gasteiger partial charge in [-0.3, -0.25) is 10.1 Å². The van der Waals surface area contributed by atoms with E-state index in [0.717, 1.165) is 0 Å². The lowest BCUT2D eigenvalue weighted by Gasteiger charge is -2.05. The van der Waals surface area contributed by atoms with Gasteiger partial charge in [0, 0.05) is 11.6 Å². The zero-order valence-corrected chi connectivity index (χ0v) is 7.75. The molecule has 0 saturated heterocycles. The lowest BCUT2D eigenvalue weighted by molar-refractivity contribution is -0.385. The van der Waals surface area contributed by atoms with Crippen molar-refractivity contribution < 1.29 is 9.66 Å². The third-order valence-electron chi connectivity index (χ3n) is 1.62. The minimum atomic E-state index is -0.491. The summed E-state index contributed by atoms with van der Waals surface area (Å²) in [4.78, 5) is 10.0. The smallest absolute Gasteiger partial charge is 0.311 e. The van der Waals surface area contributed by atoms with E-state index in [1.807, 2.05) is 0 Å². The number of rotatable bonds is 3. The fraction of sp³-hybridized carbons (Fsp3) is 0.250. The number of nitro groups is 1. The van der Waals surface area contributed by atoms with Crippen LogP contribution in [0.2, 0.25) is 0 Å². The van der Waals surface area contributed by atoms with Crippen molar-refractivity contribution in [1.29, 1.82) is 0 Å². The van der Waals surface area contributed by atoms with E-state index in [0.29, 0.717) is 5.56 Å². The highest BCUT2D eigenvalue weighted by atomic mass is 35.5. The molecule has 70 valence electrons. The predicted molar refractivity (Wildman–Crippen MR) is 49.2 cm³/mol. The molecule has 0 bridgehead atoms. The molecule has 0 saturated carbocycles. The second-order valence-corrected chi connectivity index (χ2v) is 2.63. The fourth-order valence-corrected chi connectivity index (χ4v) is 1.27. The Bertz CT molecular complexity index is 327. The van der Waals surface area contributed by atoms with E-state index < -0.39 is 4.92 Å². The number of nitro benzene ring substituents is 1. The van der Waals surface area contributed by atoms with Crippen LogP contribution in [0.3, 0.4) is 0 Å². The summed E-state index contributed by atoms with van der Waals surface area (Å²) in [6.45, 7) is 0. The Morgan fingerprint density at radius 3 is 2.77 bits per heavy atom. The van der Waals surface area contributed by atoms with Crippen LogP contribution in [0, 0.1) is 10.1 Å². The fourth-order valence-electron chi connectivity index (χ4n) is 1.06. The van der Waals surface area contributed by atoms with Gasteiger partial charge in [0.25, 0.3) is 0 Å². The largest absolute Gasteiger partial charge is 0.490 e. The molecule has 0 aliphatic rings. The van der Waals surface area contributed by atoms with Crippen LogP contribution in [0.5, 0.6) is 5.75 Å². The summed E-state index contributed by atoms with van der Waals surface area (Å²) in [7, 11) is 1.39. The van der Waals surface area contributed by atoms with E-state index in [1.54, 1.807) is 12.1 Å². The summed E-state index contributed by atoms with van der Waals surface area (Å²) in [6, 6.07) is 4.66. The van der Waals surface area contributed by atoms with Gasteiger partial charge in [-0.15, -0.1) is 11.6 Å². The number of ether oxygens (including phenoxy) is 1. The molecule has 0 aliphatic heterocycles. The quantitative estimate of drug-likeness (QED) is 0.429. The van der Waals surface area contributed by atoms with Crippen LogP contribution in [0.4, 0.5) is 5.69 Å². The van der Waals surface area contributed by atoms with E-state index in [-0.39, 0.29) is 17.3 Å². The van der Waals surface area contributed by atoms with Crippen molar-refractivity contribution >= 4 is 17.3 Å². The molecule has 0 aliphatic carbocycles. The molecular weight excluding hydrogens is 194 g/mol. The van der Waals surface area contributed by atoms with Gasteiger partial charge in [-0.1, -0.05) is 12.1 Å². The van der Waals surface area contributed by atoms with Gasteiger partial charge in [0.05, 0.1) is 17.9 Å². The second-order valence-electron chi connectivity index (χ2n) is 2.36. The predicted octanol–water partition coefficient (Wildman–Crippen LogP) is 2.34. The Balaban J connectivity index is 3.27. The van der Waals surface area contributed by atoms with Crippen molar-refractivity contribution in [2.75, 3.05) is 7.11 Å². The van der Waals surface area contributed by atoms with Crippen LogP contribution in [0.1, 0.15) is 5.56 Å². The van der Waals surface area contributed by atoms with E-state index in [2.05, 4.69) is 0 Å². The van der Waals surface area contributed by atoms with Gasteiger partial charge < -0.3 is 4.74 Å². The van der Waals surface area contributed by atoms with Crippen molar-refractivity contribution in [2.45, 2.75) is 5.88 Å². The molecule has 0 spiro atoms. The highest BCUT2D eigenvalue weighted by Gasteiger charge is 2.16. The van der Waals surface area contributed by atoms with Crippen LogP contribution >= 0.6 is 11.6 Å². The van der Waals surface area contributed by atoms with Gasteiger partial charge >= 0.3 is 5.69 Å². The van der Waals surface area contributed by atoms with Crippen LogP contribution in [0.25, 0.3) is 0 Å². The summed E-state index contributed by atoms with van der Waals surface area (Å²) < 4.78 is 4.90. The highest BCUT2D eigenvalue weighted by molar-refractivity contribution is 6.17. The first-order valence-electron chi connectivity index (χ1n) is 3.57. The summed E-state index contributed by atoms with van der Waals surface area (Å²) in [5.74, 6) is 0.438. The first-order valence-corrected chi connectivity index (χ1v) is 4.10. The Labute approximate surface area is 80.2 Å². The van der Waals surface area contributed by atoms with Crippen LogP contribution < -0.4 is 4.74 Å². The van der Waals surface area contributed by atoms with Gasteiger partial charge in [0.2, 0.25) is 5.75 Å². The summed E-state index contributed by atoms with van der Waals surface area (Å²) in [5, 5.41) is 10.5. The molecule has 0 radical (unpaired) electrons. The van der Waals surface area contributed by atoms with E-state index >= 15 is 0 Å². The van der Waals surface area contributed by atoms with Gasteiger partial charge in [-0.2, -0.15) is 0 Å². The number of halogens is 1. The molecule has 0 unspecified atom stereocenters. The number of hydrogen-bond donors (Lipinski definition) is 0. The molecular formula is C8H8ClNO3. The lowest BCUT2D eigenvalue weighted by atomic mass is 10.2. The first kappa shape index (κ1) is 9.80. The average molecular weight is 202 g/mol. The Morgan fingerprint density at radius 1 is 1.62 bits per heavy atom. The number of hydrogen-bond acceptors (Lipinski definition) is 3. The molecule has 1 aromatic rings. The van der Waals surface area contributed by atoms with Crippen molar-refractivity contribution in [3.05, 3.63) is 33.9 Å². The maximum Gasteiger partial charge on any atom is 0.311 e. The number of benzene rings is 1. The Kier molecular flexibility index (Phi) is 3.08. The first-order chi connectivity index (χ1) is 6.20. The van der Waals surface area contributed by atoms with Crippen molar-refractivity contribution in [3.63, 3.8) is 0 Å². The van der Waals surface area contributed by atoms with Crippen LogP contribution in [0.15, 0.2) is 18.2 Å². The normalized spacial score (nSPS) is 9.69. The SMILES string of the molecule is COc1c(CCl)cccc1[N+](=O)[O-]. The van der Waals surface area contributed by atoms with Gasteiger partial charge in [-0.05, 0) is 0 Å². The average Bonchev–Trinajstić information content (AvgIpc) is 2.16. The number of alkyl halides is 1. The number of para-hydroxylation sites is 1. The van der Waals surface area contributed by atoms with E-state index in [4.69, 9.17) is 16.3 Å². The number of methoxy groups -OCH3 is 1. The molecule has 0 amide bonds. The lowest BCUT2D eigenvalue weighted by Crippen LogP contribution is -1.96. The summed E-state index contributed by atoms with van der Waals surface area (Å²) >= 11 is 5.58. The van der Waals surface area contributed by atoms with E-state index in [1.165, 1.54) is 13.2 Å². The van der Waals surface area contributed by atoms with Gasteiger partial charge in [0.1, 0.15) is 0 Å². The van der Waals surface area contributed by atoms with Crippen molar-refractivity contribution in [2.24, 2.45) is 0 Å². The Morgan fingerprint density at radius 2 is 2.31 bits per heavy atom. The third-order valence-corrected chi connectivity index (χ3v) is 1.91. The molecule has 0 N–H and O–H groups in total. The molecule has 0 heterocycles. The second kappa shape index (κ2) is 4.09. The minimum Gasteiger partial charge on any atom is -0.490 e. The summed E-state index contributed by atoms with van der Waals surface area (Å²) in [5.41, 5.74) is 0.569. The van der Waals surface area contributed by atoms with Crippen LogP contribution in [-0.2, 0) is 5.88 Å². The zero-order chi connectivity index (χ0) is 9.84. The molecule has 0 atom stereocenters. The van der Waals surface area contributed by atoms with Crippen molar-refractivity contribution in [1.82, 2.24) is 0 Å². The maximum absolute atomic E-state index is 10.5. The highest BCUT2D eigenvalue weighted by Crippen LogP contribution is 2.31. The maximum atomic E-state index is 10.5. The third kappa shape index (κ3) is 1.89. The number of nitrogens with zero attached hydrogens (tertiary/aromatic N) is 1. The van der Waals surface area contributed by atoms with Gasteiger partial charge in [0.15, 0.2) is 0 Å². The van der Waals surface area contributed by atoms with Gasteiger partial charge in [-0.25, -0.2) is 0 Å². The topological polar surface area (TPSA) is 52.4 Å². The molecule has 1 aromatic carbocycles. The Hall–Kier alpha value is -1.29. The molecule has 4 nitrogen and oxygen atoms in total. The monoisotopic (exact) mass is 201 g/mol. The minimum absolute atomic E-state index is 0.0550. The molecule has 0 fully saturated rings. The molecule has 13 heavy (non-hydrogen) atoms. The summed E-state index contributed by atoms with van der Waals surface area (Å²) in [6.07, 6.45) is 0.